The first-order valence-electron chi connectivity index (χ1n) is 6.82. The molecular weight excluding hydrogens is 272 g/mol. The van der Waals surface area contributed by atoms with Crippen LogP contribution >= 0.6 is 0 Å². The van der Waals surface area contributed by atoms with Crippen LogP contribution in [0.25, 0.3) is 10.9 Å². The lowest BCUT2D eigenvalue weighted by atomic mass is 10.1. The Hall–Kier alpha value is -1.69. The van der Waals surface area contributed by atoms with Gasteiger partial charge in [-0.05, 0) is 25.0 Å². The lowest BCUT2D eigenvalue weighted by molar-refractivity contribution is 0.623. The molecule has 0 aliphatic carbocycles. The Labute approximate surface area is 120 Å². The molecule has 0 bridgehead atoms. The van der Waals surface area contributed by atoms with Crippen LogP contribution < -0.4 is 10.6 Å². The van der Waals surface area contributed by atoms with E-state index >= 15 is 0 Å². The number of hydrogen-bond acceptors (Lipinski definition) is 5. The summed E-state index contributed by atoms with van der Waals surface area (Å²) in [7, 11) is 1.18. The van der Waals surface area contributed by atoms with Crippen molar-refractivity contribution in [2.45, 2.75) is 18.9 Å². The Morgan fingerprint density at radius 1 is 1.20 bits per heavy atom. The molecule has 1 aliphatic rings. The van der Waals surface area contributed by atoms with Gasteiger partial charge in [-0.25, -0.2) is 4.98 Å². The van der Waals surface area contributed by atoms with Gasteiger partial charge in [-0.15, -0.1) is 0 Å². The maximum atomic E-state index is 11.4. The highest BCUT2D eigenvalue weighted by Gasteiger charge is 2.19. The van der Waals surface area contributed by atoms with Crippen molar-refractivity contribution in [2.75, 3.05) is 29.2 Å². The highest BCUT2D eigenvalue weighted by molar-refractivity contribution is 7.85. The van der Waals surface area contributed by atoms with Crippen molar-refractivity contribution in [2.24, 2.45) is 0 Å². The Balaban J connectivity index is 1.91. The van der Waals surface area contributed by atoms with E-state index in [0.717, 1.165) is 41.1 Å². The fraction of sp³-hybridized carbons (Fsp3) is 0.429. The second-order valence-electron chi connectivity index (χ2n) is 4.93. The first-order valence-corrected chi connectivity index (χ1v) is 8.31. The van der Waals surface area contributed by atoms with Crippen LogP contribution in [0, 0.1) is 0 Å². The summed E-state index contributed by atoms with van der Waals surface area (Å²) in [6.45, 7) is 0. The topological polar surface area (TPSA) is 66.9 Å². The molecule has 6 heteroatoms. The molecule has 2 aromatic rings. The summed E-state index contributed by atoms with van der Waals surface area (Å²) in [4.78, 5) is 8.97. The normalized spacial score (nSPS) is 22.6. The fourth-order valence-electron chi connectivity index (χ4n) is 2.43. The average Bonchev–Trinajstić information content (AvgIpc) is 2.49. The number of nitrogens with one attached hydrogen (secondary N) is 2. The van der Waals surface area contributed by atoms with Gasteiger partial charge < -0.3 is 10.6 Å². The van der Waals surface area contributed by atoms with Gasteiger partial charge in [0.1, 0.15) is 5.82 Å². The smallest absolute Gasteiger partial charge is 0.224 e. The van der Waals surface area contributed by atoms with Gasteiger partial charge in [0.25, 0.3) is 0 Å². The van der Waals surface area contributed by atoms with Crippen molar-refractivity contribution in [1.82, 2.24) is 9.97 Å². The Morgan fingerprint density at radius 2 is 1.95 bits per heavy atom. The number of anilines is 2. The Kier molecular flexibility index (Phi) is 3.82. The number of aromatic nitrogens is 2. The third-order valence-electron chi connectivity index (χ3n) is 3.56. The van der Waals surface area contributed by atoms with Gasteiger partial charge in [-0.2, -0.15) is 4.98 Å². The number of benzene rings is 1. The van der Waals surface area contributed by atoms with E-state index in [1.807, 2.05) is 31.3 Å². The van der Waals surface area contributed by atoms with E-state index in [1.54, 1.807) is 0 Å². The molecule has 3 rings (SSSR count). The molecule has 20 heavy (non-hydrogen) atoms. The molecule has 2 N–H and O–H groups in total. The molecule has 106 valence electrons. The van der Waals surface area contributed by atoms with Crippen LogP contribution in [0.5, 0.6) is 0 Å². The molecular formula is C14H18N4OS. The quantitative estimate of drug-likeness (QED) is 0.905. The number of rotatable bonds is 3. The van der Waals surface area contributed by atoms with Crippen molar-refractivity contribution in [3.63, 3.8) is 0 Å². The van der Waals surface area contributed by atoms with Crippen LogP contribution in [-0.2, 0) is 10.8 Å². The van der Waals surface area contributed by atoms with E-state index in [4.69, 9.17) is 0 Å². The van der Waals surface area contributed by atoms with Crippen LogP contribution in [0.4, 0.5) is 11.8 Å². The van der Waals surface area contributed by atoms with E-state index in [9.17, 15) is 4.21 Å². The first-order chi connectivity index (χ1) is 9.76. The number of nitrogens with zero attached hydrogens (tertiary/aromatic N) is 2. The van der Waals surface area contributed by atoms with Crippen LogP contribution in [0.3, 0.4) is 0 Å². The highest BCUT2D eigenvalue weighted by Crippen LogP contribution is 2.24. The number of fused-ring (bicyclic) bond motifs is 1. The summed E-state index contributed by atoms with van der Waals surface area (Å²) in [6.07, 6.45) is 1.86. The van der Waals surface area contributed by atoms with Crippen molar-refractivity contribution >= 4 is 33.5 Å². The molecule has 1 saturated heterocycles. The van der Waals surface area contributed by atoms with Crippen molar-refractivity contribution < 1.29 is 4.21 Å². The minimum absolute atomic E-state index is 0.343. The van der Waals surface area contributed by atoms with Crippen molar-refractivity contribution in [1.29, 1.82) is 0 Å². The molecule has 1 aromatic carbocycles. The molecule has 0 atom stereocenters. The monoisotopic (exact) mass is 290 g/mol. The standard InChI is InChI=1S/C14H18N4OS/c1-15-14-17-12-5-3-2-4-11(12)13(18-14)16-10-6-8-20(19)9-7-10/h2-5,10H,6-9H2,1H3,(H2,15,16,17,18). The SMILES string of the molecule is CNc1nc(NC2CCS(=O)CC2)c2ccccc2n1. The Morgan fingerprint density at radius 3 is 2.70 bits per heavy atom. The van der Waals surface area contributed by atoms with E-state index in [2.05, 4.69) is 20.6 Å². The van der Waals surface area contributed by atoms with E-state index in [0.29, 0.717) is 12.0 Å². The van der Waals surface area contributed by atoms with Crippen LogP contribution in [0.2, 0.25) is 0 Å². The molecule has 0 unspecified atom stereocenters. The molecule has 0 radical (unpaired) electrons. The molecule has 5 nitrogen and oxygen atoms in total. The minimum atomic E-state index is -0.637. The molecule has 0 saturated carbocycles. The Bertz CT molecular complexity index is 636. The summed E-state index contributed by atoms with van der Waals surface area (Å²) in [5.41, 5.74) is 0.925. The number of para-hydroxylation sites is 1. The summed E-state index contributed by atoms with van der Waals surface area (Å²) >= 11 is 0. The zero-order valence-electron chi connectivity index (χ0n) is 11.4. The molecule has 1 aliphatic heterocycles. The summed E-state index contributed by atoms with van der Waals surface area (Å²) in [6, 6.07) is 8.32. The lowest BCUT2D eigenvalue weighted by Crippen LogP contribution is -2.29. The third-order valence-corrected chi connectivity index (χ3v) is 4.94. The maximum Gasteiger partial charge on any atom is 0.224 e. The molecule has 1 fully saturated rings. The van der Waals surface area contributed by atoms with E-state index in [-0.39, 0.29) is 0 Å². The third kappa shape index (κ3) is 2.75. The van der Waals surface area contributed by atoms with Gasteiger partial charge in [-0.3, -0.25) is 4.21 Å². The molecule has 0 amide bonds. The van der Waals surface area contributed by atoms with E-state index < -0.39 is 10.8 Å². The zero-order chi connectivity index (χ0) is 13.9. The second-order valence-corrected chi connectivity index (χ2v) is 6.63. The summed E-state index contributed by atoms with van der Waals surface area (Å²) in [5.74, 6) is 3.03. The van der Waals surface area contributed by atoms with Gasteiger partial charge in [-0.1, -0.05) is 12.1 Å². The van der Waals surface area contributed by atoms with Gasteiger partial charge in [0, 0.05) is 40.8 Å². The van der Waals surface area contributed by atoms with Gasteiger partial charge in [0.05, 0.1) is 5.52 Å². The fourth-order valence-corrected chi connectivity index (χ4v) is 3.73. The van der Waals surface area contributed by atoms with Gasteiger partial charge in [0.15, 0.2) is 0 Å². The lowest BCUT2D eigenvalue weighted by Gasteiger charge is -2.23. The largest absolute Gasteiger partial charge is 0.367 e. The second kappa shape index (κ2) is 5.75. The number of hydrogen-bond donors (Lipinski definition) is 2. The van der Waals surface area contributed by atoms with Crippen molar-refractivity contribution in [3.05, 3.63) is 24.3 Å². The van der Waals surface area contributed by atoms with Gasteiger partial charge >= 0.3 is 0 Å². The molecule has 0 spiro atoms. The van der Waals surface area contributed by atoms with Gasteiger partial charge in [0.2, 0.25) is 5.95 Å². The maximum absolute atomic E-state index is 11.4. The van der Waals surface area contributed by atoms with Crippen LogP contribution in [-0.4, -0.2) is 38.8 Å². The van der Waals surface area contributed by atoms with Crippen LogP contribution in [0.15, 0.2) is 24.3 Å². The summed E-state index contributed by atoms with van der Waals surface area (Å²) in [5, 5.41) is 7.51. The highest BCUT2D eigenvalue weighted by atomic mass is 32.2. The minimum Gasteiger partial charge on any atom is -0.367 e. The zero-order valence-corrected chi connectivity index (χ0v) is 12.2. The predicted octanol–water partition coefficient (Wildman–Crippen LogP) is 1.99. The summed E-state index contributed by atoms with van der Waals surface area (Å²) < 4.78 is 11.4. The first kappa shape index (κ1) is 13.3. The molecule has 2 heterocycles. The molecule has 1 aromatic heterocycles. The van der Waals surface area contributed by atoms with Crippen molar-refractivity contribution in [3.8, 4) is 0 Å². The van der Waals surface area contributed by atoms with Crippen LogP contribution in [0.1, 0.15) is 12.8 Å². The van der Waals surface area contributed by atoms with E-state index in [1.165, 1.54) is 0 Å². The predicted molar refractivity (Wildman–Crippen MR) is 83.6 cm³/mol. The average molecular weight is 290 g/mol.